The lowest BCUT2D eigenvalue weighted by Crippen LogP contribution is -2.42. The SMILES string of the molecule is COc1ccc(N2CC(C)n3ncc(-c4ccnc(C)c4)c3C2=O)cc1Cl.Cl. The van der Waals surface area contributed by atoms with Gasteiger partial charge in [-0.1, -0.05) is 11.6 Å². The number of carbonyl (C=O) groups excluding carboxylic acids is 1. The molecule has 6 nitrogen and oxygen atoms in total. The maximum Gasteiger partial charge on any atom is 0.277 e. The largest absolute Gasteiger partial charge is 0.495 e. The summed E-state index contributed by atoms with van der Waals surface area (Å²) in [5, 5.41) is 4.94. The van der Waals surface area contributed by atoms with Gasteiger partial charge in [0.1, 0.15) is 11.4 Å². The average Bonchev–Trinajstić information content (AvgIpc) is 3.11. The summed E-state index contributed by atoms with van der Waals surface area (Å²) >= 11 is 6.27. The van der Waals surface area contributed by atoms with Crippen molar-refractivity contribution in [3.05, 3.63) is 59.1 Å². The quantitative estimate of drug-likeness (QED) is 0.625. The molecule has 3 heterocycles. The van der Waals surface area contributed by atoms with Crippen LogP contribution in [0.25, 0.3) is 11.1 Å². The molecule has 1 amide bonds. The Labute approximate surface area is 174 Å². The van der Waals surface area contributed by atoms with Crippen LogP contribution in [0.2, 0.25) is 5.02 Å². The molecular formula is C20H20Cl2N4O2. The van der Waals surface area contributed by atoms with Gasteiger partial charge in [-0.15, -0.1) is 12.4 Å². The molecule has 1 unspecified atom stereocenters. The van der Waals surface area contributed by atoms with Gasteiger partial charge in [0.15, 0.2) is 0 Å². The number of hydrogen-bond acceptors (Lipinski definition) is 4. The van der Waals surface area contributed by atoms with Gasteiger partial charge in [-0.3, -0.25) is 14.5 Å². The number of pyridine rings is 1. The molecule has 0 bridgehead atoms. The van der Waals surface area contributed by atoms with Crippen LogP contribution in [0, 0.1) is 6.92 Å². The molecule has 0 saturated heterocycles. The van der Waals surface area contributed by atoms with E-state index < -0.39 is 0 Å². The van der Waals surface area contributed by atoms with Gasteiger partial charge in [-0.2, -0.15) is 5.10 Å². The zero-order valence-electron chi connectivity index (χ0n) is 15.7. The number of carbonyl (C=O) groups is 1. The zero-order valence-corrected chi connectivity index (χ0v) is 17.3. The molecule has 0 saturated carbocycles. The third-order valence-corrected chi connectivity index (χ3v) is 5.06. The molecule has 2 aromatic heterocycles. The highest BCUT2D eigenvalue weighted by atomic mass is 35.5. The monoisotopic (exact) mass is 418 g/mol. The van der Waals surface area contributed by atoms with Gasteiger partial charge in [0, 0.05) is 29.7 Å². The summed E-state index contributed by atoms with van der Waals surface area (Å²) in [5.41, 5.74) is 3.94. The maximum absolute atomic E-state index is 13.3. The molecular weight excluding hydrogens is 399 g/mol. The number of methoxy groups -OCH3 is 1. The molecule has 0 fully saturated rings. The van der Waals surface area contributed by atoms with E-state index in [2.05, 4.69) is 10.1 Å². The van der Waals surface area contributed by atoms with E-state index in [-0.39, 0.29) is 24.4 Å². The van der Waals surface area contributed by atoms with Crippen LogP contribution in [0.1, 0.15) is 29.1 Å². The van der Waals surface area contributed by atoms with Crippen molar-refractivity contribution in [1.82, 2.24) is 14.8 Å². The first-order chi connectivity index (χ1) is 13.0. The van der Waals surface area contributed by atoms with Gasteiger partial charge in [-0.25, -0.2) is 0 Å². The van der Waals surface area contributed by atoms with Crippen LogP contribution in [-0.4, -0.2) is 34.3 Å². The standard InChI is InChI=1S/C20H19ClN4O2.ClH/c1-12-8-14(6-7-22-12)16-10-23-25-13(2)11-24(20(26)19(16)25)15-4-5-18(27-3)17(21)9-15;/h4-10,13H,11H2,1-3H3;1H. The summed E-state index contributed by atoms with van der Waals surface area (Å²) in [7, 11) is 1.57. The molecule has 3 aromatic rings. The van der Waals surface area contributed by atoms with Crippen molar-refractivity contribution in [1.29, 1.82) is 0 Å². The van der Waals surface area contributed by atoms with E-state index in [4.69, 9.17) is 16.3 Å². The molecule has 28 heavy (non-hydrogen) atoms. The topological polar surface area (TPSA) is 60.2 Å². The Kier molecular flexibility index (Phi) is 5.63. The van der Waals surface area contributed by atoms with Crippen molar-refractivity contribution < 1.29 is 9.53 Å². The lowest BCUT2D eigenvalue weighted by molar-refractivity contribution is 0.0954. The van der Waals surface area contributed by atoms with Crippen LogP contribution in [0.15, 0.2) is 42.7 Å². The molecule has 4 rings (SSSR count). The second-order valence-electron chi connectivity index (χ2n) is 6.62. The smallest absolute Gasteiger partial charge is 0.277 e. The predicted octanol–water partition coefficient (Wildman–Crippen LogP) is 4.56. The summed E-state index contributed by atoms with van der Waals surface area (Å²) < 4.78 is 7.01. The van der Waals surface area contributed by atoms with Crippen LogP contribution in [0.3, 0.4) is 0 Å². The summed E-state index contributed by atoms with van der Waals surface area (Å²) in [6.45, 7) is 4.49. The summed E-state index contributed by atoms with van der Waals surface area (Å²) in [5.74, 6) is 0.479. The Morgan fingerprint density at radius 3 is 2.71 bits per heavy atom. The minimum Gasteiger partial charge on any atom is -0.495 e. The predicted molar refractivity (Wildman–Crippen MR) is 112 cm³/mol. The number of hydrogen-bond donors (Lipinski definition) is 0. The molecule has 146 valence electrons. The maximum atomic E-state index is 13.3. The molecule has 1 aromatic carbocycles. The van der Waals surface area contributed by atoms with Crippen molar-refractivity contribution in [2.45, 2.75) is 19.9 Å². The number of halogens is 2. The number of aromatic nitrogens is 3. The number of amides is 1. The van der Waals surface area contributed by atoms with E-state index >= 15 is 0 Å². The van der Waals surface area contributed by atoms with Gasteiger partial charge in [0.2, 0.25) is 0 Å². The van der Waals surface area contributed by atoms with Gasteiger partial charge in [0.05, 0.1) is 24.4 Å². The minimum atomic E-state index is -0.101. The molecule has 1 atom stereocenters. The van der Waals surface area contributed by atoms with Crippen LogP contribution >= 0.6 is 24.0 Å². The van der Waals surface area contributed by atoms with Crippen molar-refractivity contribution in [3.63, 3.8) is 0 Å². The number of anilines is 1. The fourth-order valence-electron chi connectivity index (χ4n) is 3.43. The van der Waals surface area contributed by atoms with Gasteiger partial charge in [-0.05, 0) is 49.7 Å². The van der Waals surface area contributed by atoms with E-state index in [1.807, 2.05) is 32.0 Å². The van der Waals surface area contributed by atoms with Crippen molar-refractivity contribution >= 4 is 35.6 Å². The van der Waals surface area contributed by atoms with Gasteiger partial charge in [0.25, 0.3) is 5.91 Å². The normalized spacial score (nSPS) is 15.8. The van der Waals surface area contributed by atoms with E-state index in [1.54, 1.807) is 41.2 Å². The molecule has 0 N–H and O–H groups in total. The van der Waals surface area contributed by atoms with Crippen LogP contribution in [-0.2, 0) is 0 Å². The Hall–Kier alpha value is -2.57. The van der Waals surface area contributed by atoms with Gasteiger partial charge < -0.3 is 9.64 Å². The highest BCUT2D eigenvalue weighted by Crippen LogP contribution is 2.35. The number of nitrogens with zero attached hydrogens (tertiary/aromatic N) is 4. The molecule has 8 heteroatoms. The molecule has 1 aliphatic rings. The van der Waals surface area contributed by atoms with Crippen molar-refractivity contribution in [2.75, 3.05) is 18.6 Å². The van der Waals surface area contributed by atoms with Crippen LogP contribution < -0.4 is 9.64 Å². The molecule has 0 aliphatic carbocycles. The number of fused-ring (bicyclic) bond motifs is 1. The Morgan fingerprint density at radius 1 is 1.25 bits per heavy atom. The third-order valence-electron chi connectivity index (χ3n) is 4.76. The minimum absolute atomic E-state index is 0. The first kappa shape index (κ1) is 20.2. The highest BCUT2D eigenvalue weighted by Gasteiger charge is 2.34. The number of aryl methyl sites for hydroxylation is 1. The molecule has 0 radical (unpaired) electrons. The second-order valence-corrected chi connectivity index (χ2v) is 7.03. The van der Waals surface area contributed by atoms with Crippen LogP contribution in [0.5, 0.6) is 5.75 Å². The number of benzene rings is 1. The second kappa shape index (κ2) is 7.81. The zero-order chi connectivity index (χ0) is 19.1. The highest BCUT2D eigenvalue weighted by molar-refractivity contribution is 6.32. The summed E-state index contributed by atoms with van der Waals surface area (Å²) in [6, 6.07) is 9.26. The molecule has 1 aliphatic heterocycles. The Bertz CT molecular complexity index is 1030. The van der Waals surface area contributed by atoms with Gasteiger partial charge >= 0.3 is 0 Å². The van der Waals surface area contributed by atoms with Crippen LogP contribution in [0.4, 0.5) is 5.69 Å². The number of rotatable bonds is 3. The van der Waals surface area contributed by atoms with E-state index in [0.717, 1.165) is 22.5 Å². The third kappa shape index (κ3) is 3.34. The first-order valence-electron chi connectivity index (χ1n) is 8.65. The average molecular weight is 419 g/mol. The Balaban J connectivity index is 0.00000225. The fourth-order valence-corrected chi connectivity index (χ4v) is 3.68. The first-order valence-corrected chi connectivity index (χ1v) is 9.03. The van der Waals surface area contributed by atoms with E-state index in [0.29, 0.717) is 23.0 Å². The van der Waals surface area contributed by atoms with E-state index in [9.17, 15) is 4.79 Å². The Morgan fingerprint density at radius 2 is 2.04 bits per heavy atom. The summed E-state index contributed by atoms with van der Waals surface area (Å²) in [4.78, 5) is 19.3. The lowest BCUT2D eigenvalue weighted by atomic mass is 10.0. The lowest BCUT2D eigenvalue weighted by Gasteiger charge is -2.32. The fraction of sp³-hybridized carbons (Fsp3) is 0.250. The molecule has 0 spiro atoms. The van der Waals surface area contributed by atoms with Crippen molar-refractivity contribution in [2.24, 2.45) is 0 Å². The number of ether oxygens (including phenoxy) is 1. The van der Waals surface area contributed by atoms with Crippen molar-refractivity contribution in [3.8, 4) is 16.9 Å². The summed E-state index contributed by atoms with van der Waals surface area (Å²) in [6.07, 6.45) is 3.50. The van der Waals surface area contributed by atoms with E-state index in [1.165, 1.54) is 0 Å².